The number of hydrogen-bond donors (Lipinski definition) is 0. The van der Waals surface area contributed by atoms with E-state index in [9.17, 15) is 4.79 Å². The molecular formula is C16H20O. The fraction of sp³-hybridized carbons (Fsp3) is 0.312. The van der Waals surface area contributed by atoms with E-state index in [2.05, 4.69) is 18.7 Å². The highest BCUT2D eigenvalue weighted by Gasteiger charge is 2.10. The van der Waals surface area contributed by atoms with Gasteiger partial charge in [0.15, 0.2) is 5.78 Å². The molecule has 1 aliphatic carbocycles. The van der Waals surface area contributed by atoms with Crippen molar-refractivity contribution < 1.29 is 4.79 Å². The average molecular weight is 228 g/mol. The van der Waals surface area contributed by atoms with Gasteiger partial charge in [0.05, 0.1) is 0 Å². The Morgan fingerprint density at radius 2 is 2.06 bits per heavy atom. The van der Waals surface area contributed by atoms with Crippen LogP contribution in [0.25, 0.3) is 0 Å². The van der Waals surface area contributed by atoms with Crippen LogP contribution in [-0.2, 0) is 4.79 Å². The summed E-state index contributed by atoms with van der Waals surface area (Å²) in [5, 5.41) is 0. The van der Waals surface area contributed by atoms with Crippen molar-refractivity contribution in [3.8, 4) is 0 Å². The zero-order valence-corrected chi connectivity index (χ0v) is 10.9. The van der Waals surface area contributed by atoms with Gasteiger partial charge in [0.2, 0.25) is 0 Å². The maximum Gasteiger partial charge on any atom is 0.160 e. The monoisotopic (exact) mass is 228 g/mol. The minimum absolute atomic E-state index is 0.100. The lowest BCUT2D eigenvalue weighted by Gasteiger charge is -2.10. The topological polar surface area (TPSA) is 17.1 Å². The molecule has 0 spiro atoms. The first-order chi connectivity index (χ1) is 8.06. The van der Waals surface area contributed by atoms with Crippen LogP contribution < -0.4 is 0 Å². The Bertz CT molecular complexity index is 442. The largest absolute Gasteiger partial charge is 0.294 e. The standard InChI is InChI=1S/C16H20O/c1-5-14(12(2)3)11-16(13(4)17)15-9-7-6-8-10-15/h5,7,9-11H,2,6,8H2,1,3-4H3/b14-5-,16-11+. The van der Waals surface area contributed by atoms with Crippen molar-refractivity contribution in [1.82, 2.24) is 0 Å². The molecule has 1 heteroatoms. The van der Waals surface area contributed by atoms with Gasteiger partial charge in [0, 0.05) is 5.57 Å². The highest BCUT2D eigenvalue weighted by molar-refractivity contribution is 5.99. The third-order valence-corrected chi connectivity index (χ3v) is 2.79. The molecule has 0 heterocycles. The molecule has 0 atom stereocenters. The molecule has 0 amide bonds. The summed E-state index contributed by atoms with van der Waals surface area (Å²) < 4.78 is 0. The van der Waals surface area contributed by atoms with E-state index in [1.807, 2.05) is 32.1 Å². The van der Waals surface area contributed by atoms with Crippen molar-refractivity contribution in [3.63, 3.8) is 0 Å². The van der Waals surface area contributed by atoms with Crippen LogP contribution in [0.4, 0.5) is 0 Å². The van der Waals surface area contributed by atoms with Crippen LogP contribution in [-0.4, -0.2) is 5.78 Å². The Morgan fingerprint density at radius 3 is 2.47 bits per heavy atom. The summed E-state index contributed by atoms with van der Waals surface area (Å²) in [6, 6.07) is 0. The van der Waals surface area contributed by atoms with E-state index in [1.165, 1.54) is 0 Å². The highest BCUT2D eigenvalue weighted by atomic mass is 16.1. The predicted octanol–water partition coefficient (Wildman–Crippen LogP) is 4.30. The van der Waals surface area contributed by atoms with Gasteiger partial charge in [-0.25, -0.2) is 0 Å². The second-order valence-electron chi connectivity index (χ2n) is 4.28. The lowest BCUT2D eigenvalue weighted by molar-refractivity contribution is -0.113. The maximum atomic E-state index is 11.7. The number of ketones is 1. The summed E-state index contributed by atoms with van der Waals surface area (Å²) in [5.74, 6) is 0.100. The summed E-state index contributed by atoms with van der Waals surface area (Å²) in [4.78, 5) is 11.7. The first kappa shape index (κ1) is 13.4. The fourth-order valence-electron chi connectivity index (χ4n) is 1.81. The molecule has 0 aromatic rings. The molecular weight excluding hydrogens is 208 g/mol. The third kappa shape index (κ3) is 3.70. The third-order valence-electron chi connectivity index (χ3n) is 2.79. The SMILES string of the molecule is C=C(C)C(=C\C)/C=C(\C(C)=O)C1=CCCC=C1. The van der Waals surface area contributed by atoms with Gasteiger partial charge in [-0.15, -0.1) is 0 Å². The van der Waals surface area contributed by atoms with Crippen LogP contribution in [0.5, 0.6) is 0 Å². The molecule has 0 aromatic carbocycles. The summed E-state index contributed by atoms with van der Waals surface area (Å²) in [6.45, 7) is 9.45. The Hall–Kier alpha value is -1.63. The molecule has 0 bridgehead atoms. The van der Waals surface area contributed by atoms with Crippen LogP contribution in [0.15, 0.2) is 59.3 Å². The molecule has 0 N–H and O–H groups in total. The van der Waals surface area contributed by atoms with Crippen molar-refractivity contribution in [2.45, 2.75) is 33.6 Å². The first-order valence-corrected chi connectivity index (χ1v) is 5.98. The van der Waals surface area contributed by atoms with Crippen LogP contribution in [0, 0.1) is 0 Å². The van der Waals surface area contributed by atoms with E-state index in [-0.39, 0.29) is 5.78 Å². The molecule has 0 fully saturated rings. The summed E-state index contributed by atoms with van der Waals surface area (Å²) in [5.41, 5.74) is 3.81. The second-order valence-corrected chi connectivity index (χ2v) is 4.28. The summed E-state index contributed by atoms with van der Waals surface area (Å²) in [7, 11) is 0. The Kier molecular flexibility index (Phi) is 4.89. The number of hydrogen-bond acceptors (Lipinski definition) is 1. The zero-order valence-electron chi connectivity index (χ0n) is 10.9. The van der Waals surface area contributed by atoms with E-state index in [0.29, 0.717) is 0 Å². The molecule has 1 rings (SSSR count). The van der Waals surface area contributed by atoms with Gasteiger partial charge >= 0.3 is 0 Å². The molecule has 0 unspecified atom stereocenters. The van der Waals surface area contributed by atoms with Crippen molar-refractivity contribution in [2.75, 3.05) is 0 Å². The summed E-state index contributed by atoms with van der Waals surface area (Å²) >= 11 is 0. The number of carbonyl (C=O) groups excluding carboxylic acids is 1. The molecule has 17 heavy (non-hydrogen) atoms. The van der Waals surface area contributed by atoms with Gasteiger partial charge < -0.3 is 0 Å². The van der Waals surface area contributed by atoms with E-state index < -0.39 is 0 Å². The van der Waals surface area contributed by atoms with Gasteiger partial charge in [-0.2, -0.15) is 0 Å². The predicted molar refractivity (Wildman–Crippen MR) is 73.8 cm³/mol. The van der Waals surface area contributed by atoms with Crippen LogP contribution in [0.2, 0.25) is 0 Å². The number of Topliss-reactive ketones (excluding diaryl/α,β-unsaturated/α-hetero) is 1. The number of carbonyl (C=O) groups is 1. The van der Waals surface area contributed by atoms with Crippen molar-refractivity contribution in [1.29, 1.82) is 0 Å². The van der Waals surface area contributed by atoms with E-state index in [4.69, 9.17) is 0 Å². The lowest BCUT2D eigenvalue weighted by atomic mass is 9.94. The van der Waals surface area contributed by atoms with Gasteiger partial charge in [0.25, 0.3) is 0 Å². The van der Waals surface area contributed by atoms with Gasteiger partial charge in [-0.1, -0.05) is 36.5 Å². The normalized spacial score (nSPS) is 16.8. The van der Waals surface area contributed by atoms with E-state index in [0.717, 1.165) is 35.1 Å². The maximum absolute atomic E-state index is 11.7. The Balaban J connectivity index is 3.13. The second kappa shape index (κ2) is 6.19. The molecule has 0 aliphatic heterocycles. The van der Waals surface area contributed by atoms with Gasteiger partial charge in [-0.05, 0) is 50.8 Å². The van der Waals surface area contributed by atoms with Crippen molar-refractivity contribution in [2.24, 2.45) is 0 Å². The molecule has 1 aliphatic rings. The molecule has 90 valence electrons. The number of allylic oxidation sites excluding steroid dienone is 9. The van der Waals surface area contributed by atoms with Crippen LogP contribution in [0.3, 0.4) is 0 Å². The quantitative estimate of drug-likeness (QED) is 0.518. The highest BCUT2D eigenvalue weighted by Crippen LogP contribution is 2.22. The molecule has 0 saturated carbocycles. The first-order valence-electron chi connectivity index (χ1n) is 5.98. The molecule has 1 nitrogen and oxygen atoms in total. The fourth-order valence-corrected chi connectivity index (χ4v) is 1.81. The average Bonchev–Trinajstić information content (AvgIpc) is 2.30. The molecule has 0 saturated heterocycles. The zero-order chi connectivity index (χ0) is 12.8. The Labute approximate surface area is 104 Å². The van der Waals surface area contributed by atoms with Gasteiger partial charge in [0.1, 0.15) is 0 Å². The number of rotatable bonds is 4. The minimum atomic E-state index is 0.100. The lowest BCUT2D eigenvalue weighted by Crippen LogP contribution is -2.02. The smallest absolute Gasteiger partial charge is 0.160 e. The summed E-state index contributed by atoms with van der Waals surface area (Å²) in [6.07, 6.45) is 12.3. The van der Waals surface area contributed by atoms with Crippen molar-refractivity contribution >= 4 is 5.78 Å². The molecule has 0 aromatic heterocycles. The minimum Gasteiger partial charge on any atom is -0.294 e. The van der Waals surface area contributed by atoms with Crippen LogP contribution in [0.1, 0.15) is 33.6 Å². The van der Waals surface area contributed by atoms with Gasteiger partial charge in [-0.3, -0.25) is 4.79 Å². The van der Waals surface area contributed by atoms with Crippen LogP contribution >= 0.6 is 0 Å². The Morgan fingerprint density at radius 1 is 1.35 bits per heavy atom. The van der Waals surface area contributed by atoms with E-state index >= 15 is 0 Å². The van der Waals surface area contributed by atoms with Crippen molar-refractivity contribution in [3.05, 3.63) is 59.3 Å². The van der Waals surface area contributed by atoms with E-state index in [1.54, 1.807) is 6.92 Å². The molecule has 0 radical (unpaired) electrons.